The van der Waals surface area contributed by atoms with Crippen molar-refractivity contribution in [1.29, 1.82) is 0 Å². The first-order valence-corrected chi connectivity index (χ1v) is 7.27. The largest absolute Gasteiger partial charge is 0.481 e. The monoisotopic (exact) mass is 269 g/mol. The molecule has 1 aliphatic rings. The number of piperidine rings is 1. The lowest BCUT2D eigenvalue weighted by Gasteiger charge is -2.31. The van der Waals surface area contributed by atoms with Crippen LogP contribution in [0.1, 0.15) is 59.3 Å². The second-order valence-corrected chi connectivity index (χ2v) is 6.84. The van der Waals surface area contributed by atoms with E-state index in [9.17, 15) is 9.59 Å². The maximum atomic E-state index is 12.0. The summed E-state index contributed by atoms with van der Waals surface area (Å²) in [5.41, 5.74) is 0.286. The summed E-state index contributed by atoms with van der Waals surface area (Å²) < 4.78 is 0. The normalized spacial score (nSPS) is 17.5. The molecular weight excluding hydrogens is 242 g/mol. The molecule has 110 valence electrons. The number of carboxylic acid groups (broad SMARTS) is 1. The van der Waals surface area contributed by atoms with Crippen LogP contribution in [0.2, 0.25) is 0 Å². The number of likely N-dealkylation sites (tertiary alicyclic amines) is 1. The summed E-state index contributed by atoms with van der Waals surface area (Å²) in [6.45, 7) is 8.03. The van der Waals surface area contributed by atoms with Crippen LogP contribution in [0.5, 0.6) is 0 Å². The third-order valence-corrected chi connectivity index (χ3v) is 3.75. The molecule has 19 heavy (non-hydrogen) atoms. The van der Waals surface area contributed by atoms with Crippen molar-refractivity contribution in [3.8, 4) is 0 Å². The van der Waals surface area contributed by atoms with Gasteiger partial charge in [0.2, 0.25) is 5.91 Å². The van der Waals surface area contributed by atoms with Crippen molar-refractivity contribution in [2.45, 2.75) is 59.3 Å². The maximum absolute atomic E-state index is 12.0. The third-order valence-electron chi connectivity index (χ3n) is 3.75. The van der Waals surface area contributed by atoms with Crippen LogP contribution in [0.15, 0.2) is 0 Å². The van der Waals surface area contributed by atoms with E-state index in [4.69, 9.17) is 5.11 Å². The Morgan fingerprint density at radius 1 is 1.21 bits per heavy atom. The molecule has 0 aromatic heterocycles. The second kappa shape index (κ2) is 6.92. The summed E-state index contributed by atoms with van der Waals surface area (Å²) in [4.78, 5) is 24.6. The summed E-state index contributed by atoms with van der Waals surface area (Å²) in [5, 5.41) is 8.75. The lowest BCUT2D eigenvalue weighted by molar-refractivity contribution is -0.138. The SMILES string of the molecule is CC(C)(C)CCCC(=O)N1CCC(CC(=O)O)CC1. The van der Waals surface area contributed by atoms with E-state index < -0.39 is 5.97 Å². The Bertz CT molecular complexity index is 312. The van der Waals surface area contributed by atoms with E-state index in [1.165, 1.54) is 0 Å². The summed E-state index contributed by atoms with van der Waals surface area (Å²) in [6, 6.07) is 0. The summed E-state index contributed by atoms with van der Waals surface area (Å²) >= 11 is 0. The fourth-order valence-corrected chi connectivity index (χ4v) is 2.56. The van der Waals surface area contributed by atoms with Gasteiger partial charge in [-0.1, -0.05) is 20.8 Å². The van der Waals surface area contributed by atoms with Gasteiger partial charge in [-0.3, -0.25) is 9.59 Å². The number of nitrogens with zero attached hydrogens (tertiary/aromatic N) is 1. The average molecular weight is 269 g/mol. The number of carboxylic acids is 1. The molecule has 0 radical (unpaired) electrons. The van der Waals surface area contributed by atoms with Crippen molar-refractivity contribution >= 4 is 11.9 Å². The Hall–Kier alpha value is -1.06. The lowest BCUT2D eigenvalue weighted by Crippen LogP contribution is -2.38. The minimum absolute atomic E-state index is 0.234. The van der Waals surface area contributed by atoms with Crippen molar-refractivity contribution < 1.29 is 14.7 Å². The molecule has 0 spiro atoms. The van der Waals surface area contributed by atoms with Crippen LogP contribution in [0.3, 0.4) is 0 Å². The number of amides is 1. The molecule has 1 heterocycles. The van der Waals surface area contributed by atoms with Crippen LogP contribution >= 0.6 is 0 Å². The zero-order valence-corrected chi connectivity index (χ0v) is 12.4. The molecular formula is C15H27NO3. The molecule has 1 rings (SSSR count). The summed E-state index contributed by atoms with van der Waals surface area (Å²) in [6.07, 6.45) is 4.53. The zero-order valence-electron chi connectivity index (χ0n) is 12.4. The van der Waals surface area contributed by atoms with Gasteiger partial charge in [-0.05, 0) is 37.0 Å². The fraction of sp³-hybridized carbons (Fsp3) is 0.867. The highest BCUT2D eigenvalue weighted by molar-refractivity contribution is 5.76. The van der Waals surface area contributed by atoms with Crippen molar-refractivity contribution in [3.63, 3.8) is 0 Å². The predicted molar refractivity (Wildman–Crippen MR) is 74.9 cm³/mol. The number of hydrogen-bond acceptors (Lipinski definition) is 2. The van der Waals surface area contributed by atoms with Crippen LogP contribution < -0.4 is 0 Å². The first-order valence-electron chi connectivity index (χ1n) is 7.27. The minimum atomic E-state index is -0.727. The Morgan fingerprint density at radius 2 is 1.79 bits per heavy atom. The number of aliphatic carboxylic acids is 1. The number of carbonyl (C=O) groups excluding carboxylic acids is 1. The number of carbonyl (C=O) groups is 2. The van der Waals surface area contributed by atoms with E-state index in [1.54, 1.807) is 0 Å². The highest BCUT2D eigenvalue weighted by Gasteiger charge is 2.24. The first-order chi connectivity index (χ1) is 8.78. The van der Waals surface area contributed by atoms with Gasteiger partial charge < -0.3 is 10.0 Å². The molecule has 1 saturated heterocycles. The van der Waals surface area contributed by atoms with Crippen molar-refractivity contribution in [1.82, 2.24) is 4.90 Å². The highest BCUT2D eigenvalue weighted by Crippen LogP contribution is 2.24. The van der Waals surface area contributed by atoms with E-state index in [-0.39, 0.29) is 23.7 Å². The zero-order chi connectivity index (χ0) is 14.5. The molecule has 0 aromatic carbocycles. The molecule has 4 heteroatoms. The Labute approximate surface area is 116 Å². The summed E-state index contributed by atoms with van der Waals surface area (Å²) in [5.74, 6) is -0.246. The number of hydrogen-bond donors (Lipinski definition) is 1. The minimum Gasteiger partial charge on any atom is -0.481 e. The average Bonchev–Trinajstić information content (AvgIpc) is 2.27. The topological polar surface area (TPSA) is 57.6 Å². The van der Waals surface area contributed by atoms with Gasteiger partial charge in [-0.25, -0.2) is 0 Å². The molecule has 0 aromatic rings. The molecule has 1 aliphatic heterocycles. The van der Waals surface area contributed by atoms with Gasteiger partial charge in [-0.2, -0.15) is 0 Å². The standard InChI is InChI=1S/C15H27NO3/c1-15(2,3)8-4-5-13(17)16-9-6-12(7-10-16)11-14(18)19/h12H,4-11H2,1-3H3,(H,18,19). The smallest absolute Gasteiger partial charge is 0.303 e. The fourth-order valence-electron chi connectivity index (χ4n) is 2.56. The third kappa shape index (κ3) is 6.60. The van der Waals surface area contributed by atoms with Gasteiger partial charge in [0.25, 0.3) is 0 Å². The van der Waals surface area contributed by atoms with Crippen LogP contribution in [0.25, 0.3) is 0 Å². The van der Waals surface area contributed by atoms with E-state index in [1.807, 2.05) is 4.90 Å². The lowest BCUT2D eigenvalue weighted by atomic mass is 9.89. The van der Waals surface area contributed by atoms with Crippen LogP contribution in [-0.4, -0.2) is 35.0 Å². The Balaban J connectivity index is 2.23. The van der Waals surface area contributed by atoms with Crippen molar-refractivity contribution in [2.75, 3.05) is 13.1 Å². The Morgan fingerprint density at radius 3 is 2.26 bits per heavy atom. The van der Waals surface area contributed by atoms with Gasteiger partial charge in [0.1, 0.15) is 0 Å². The van der Waals surface area contributed by atoms with Gasteiger partial charge in [0.05, 0.1) is 0 Å². The van der Waals surface area contributed by atoms with Crippen LogP contribution in [0.4, 0.5) is 0 Å². The molecule has 0 bridgehead atoms. The Kier molecular flexibility index (Phi) is 5.83. The second-order valence-electron chi connectivity index (χ2n) is 6.84. The molecule has 0 unspecified atom stereocenters. The molecule has 0 saturated carbocycles. The molecule has 0 aliphatic carbocycles. The first kappa shape index (κ1) is 16.0. The summed E-state index contributed by atoms with van der Waals surface area (Å²) in [7, 11) is 0. The molecule has 1 fully saturated rings. The molecule has 0 atom stereocenters. The van der Waals surface area contributed by atoms with Gasteiger partial charge in [0, 0.05) is 25.9 Å². The van der Waals surface area contributed by atoms with Crippen molar-refractivity contribution in [3.05, 3.63) is 0 Å². The van der Waals surface area contributed by atoms with Crippen molar-refractivity contribution in [2.24, 2.45) is 11.3 Å². The van der Waals surface area contributed by atoms with E-state index in [0.29, 0.717) is 6.42 Å². The van der Waals surface area contributed by atoms with E-state index >= 15 is 0 Å². The van der Waals surface area contributed by atoms with Crippen LogP contribution in [0, 0.1) is 11.3 Å². The molecule has 1 N–H and O–H groups in total. The van der Waals surface area contributed by atoms with Gasteiger partial charge >= 0.3 is 5.97 Å². The molecule has 1 amide bonds. The van der Waals surface area contributed by atoms with Gasteiger partial charge in [-0.15, -0.1) is 0 Å². The van der Waals surface area contributed by atoms with Gasteiger partial charge in [0.15, 0.2) is 0 Å². The number of rotatable bonds is 5. The predicted octanol–water partition coefficient (Wildman–Crippen LogP) is 2.92. The van der Waals surface area contributed by atoms with E-state index in [0.717, 1.165) is 38.8 Å². The van der Waals surface area contributed by atoms with E-state index in [2.05, 4.69) is 20.8 Å². The quantitative estimate of drug-likeness (QED) is 0.835. The molecule has 4 nitrogen and oxygen atoms in total. The maximum Gasteiger partial charge on any atom is 0.303 e. The highest BCUT2D eigenvalue weighted by atomic mass is 16.4. The van der Waals surface area contributed by atoms with Crippen LogP contribution in [-0.2, 0) is 9.59 Å².